The number of carbonyl (C=O) groups is 1. The summed E-state index contributed by atoms with van der Waals surface area (Å²) < 4.78 is 51.2. The second kappa shape index (κ2) is 6.75. The minimum atomic E-state index is -4.03. The first-order chi connectivity index (χ1) is 13.5. The standard InChI is InChI=1S/C19H20N2O5S3/c1-28(23,24)14-3-5-15(6-4-14)29(25,26)21-17-8-13(27)2-7-16(17)18(22)20-19-9-12(10-19)11-19/h2-8,12,21,27H,9-11H2,1H3,(H,20,22). The first-order valence-corrected chi connectivity index (χ1v) is 12.8. The average molecular weight is 453 g/mol. The Labute approximate surface area is 175 Å². The molecule has 5 rings (SSSR count). The molecule has 0 spiro atoms. The fourth-order valence-electron chi connectivity index (χ4n) is 3.82. The first-order valence-electron chi connectivity index (χ1n) is 8.96. The largest absolute Gasteiger partial charge is 0.347 e. The molecule has 7 nitrogen and oxygen atoms in total. The molecular weight excluding hydrogens is 432 g/mol. The molecule has 29 heavy (non-hydrogen) atoms. The number of rotatable bonds is 6. The van der Waals surface area contributed by atoms with E-state index in [4.69, 9.17) is 0 Å². The van der Waals surface area contributed by atoms with E-state index in [1.807, 2.05) is 0 Å². The summed E-state index contributed by atoms with van der Waals surface area (Å²) in [4.78, 5) is 13.2. The Balaban J connectivity index is 1.60. The topological polar surface area (TPSA) is 109 Å². The van der Waals surface area contributed by atoms with Gasteiger partial charge < -0.3 is 5.32 Å². The molecule has 1 amide bonds. The number of anilines is 1. The minimum absolute atomic E-state index is 0.0208. The van der Waals surface area contributed by atoms with Crippen LogP contribution in [0.5, 0.6) is 0 Å². The van der Waals surface area contributed by atoms with E-state index in [0.717, 1.165) is 25.5 Å². The van der Waals surface area contributed by atoms with E-state index in [1.54, 1.807) is 6.07 Å². The number of thiol groups is 1. The lowest BCUT2D eigenvalue weighted by Crippen LogP contribution is -2.68. The monoisotopic (exact) mass is 452 g/mol. The molecule has 0 heterocycles. The molecule has 3 saturated carbocycles. The number of nitrogens with one attached hydrogen (secondary N) is 2. The smallest absolute Gasteiger partial charge is 0.261 e. The van der Waals surface area contributed by atoms with Gasteiger partial charge in [0.05, 0.1) is 21.0 Å². The highest BCUT2D eigenvalue weighted by Crippen LogP contribution is 2.57. The lowest BCUT2D eigenvalue weighted by molar-refractivity contribution is -0.0438. The molecule has 0 unspecified atom stereocenters. The number of amides is 1. The SMILES string of the molecule is CS(=O)(=O)c1ccc(S(=O)(=O)Nc2cc(S)ccc2C(=O)NC23CC(C2)C3)cc1. The predicted molar refractivity (Wildman–Crippen MR) is 112 cm³/mol. The summed E-state index contributed by atoms with van der Waals surface area (Å²) in [5, 5.41) is 3.02. The van der Waals surface area contributed by atoms with Gasteiger partial charge in [-0.2, -0.15) is 0 Å². The molecule has 3 aliphatic rings. The predicted octanol–water partition coefficient (Wildman–Crippen LogP) is 2.46. The van der Waals surface area contributed by atoms with Gasteiger partial charge in [0, 0.05) is 16.7 Å². The van der Waals surface area contributed by atoms with Crippen LogP contribution in [0.3, 0.4) is 0 Å². The summed E-state index contributed by atoms with van der Waals surface area (Å²) in [6, 6.07) is 9.52. The van der Waals surface area contributed by atoms with Crippen LogP contribution in [0.4, 0.5) is 5.69 Å². The molecule has 0 aromatic heterocycles. The van der Waals surface area contributed by atoms with Gasteiger partial charge >= 0.3 is 0 Å². The molecule has 3 fully saturated rings. The van der Waals surface area contributed by atoms with Crippen molar-refractivity contribution in [1.29, 1.82) is 0 Å². The maximum absolute atomic E-state index is 12.8. The van der Waals surface area contributed by atoms with Crippen molar-refractivity contribution in [3.63, 3.8) is 0 Å². The zero-order valence-electron chi connectivity index (χ0n) is 15.5. The van der Waals surface area contributed by atoms with Crippen LogP contribution in [0.25, 0.3) is 0 Å². The Morgan fingerprint density at radius 2 is 1.59 bits per heavy atom. The third-order valence-electron chi connectivity index (χ3n) is 5.47. The van der Waals surface area contributed by atoms with Crippen LogP contribution >= 0.6 is 12.6 Å². The zero-order chi connectivity index (χ0) is 21.0. The van der Waals surface area contributed by atoms with Crippen molar-refractivity contribution in [3.05, 3.63) is 48.0 Å². The Hall–Kier alpha value is -2.04. The first kappa shape index (κ1) is 20.2. The Bertz CT molecular complexity index is 1190. The Morgan fingerprint density at radius 3 is 2.10 bits per heavy atom. The van der Waals surface area contributed by atoms with Crippen LogP contribution in [-0.2, 0) is 19.9 Å². The van der Waals surface area contributed by atoms with Gasteiger partial charge in [0.1, 0.15) is 0 Å². The van der Waals surface area contributed by atoms with E-state index in [2.05, 4.69) is 22.7 Å². The van der Waals surface area contributed by atoms with Crippen molar-refractivity contribution in [2.24, 2.45) is 5.92 Å². The summed E-state index contributed by atoms with van der Waals surface area (Å²) in [5.41, 5.74) is 0.191. The molecule has 0 atom stereocenters. The van der Waals surface area contributed by atoms with Gasteiger partial charge in [-0.05, 0) is 67.6 Å². The van der Waals surface area contributed by atoms with Crippen molar-refractivity contribution < 1.29 is 21.6 Å². The molecule has 0 radical (unpaired) electrons. The van der Waals surface area contributed by atoms with E-state index in [1.165, 1.54) is 36.4 Å². The number of benzene rings is 2. The molecule has 2 bridgehead atoms. The fraction of sp³-hybridized carbons (Fsp3) is 0.316. The summed E-state index contributed by atoms with van der Waals surface area (Å²) >= 11 is 4.24. The summed E-state index contributed by atoms with van der Waals surface area (Å²) in [6.45, 7) is 0. The fourth-order valence-corrected chi connectivity index (χ4v) is 5.73. The minimum Gasteiger partial charge on any atom is -0.347 e. The molecule has 3 aliphatic carbocycles. The third-order valence-corrected chi connectivity index (χ3v) is 8.26. The van der Waals surface area contributed by atoms with E-state index in [0.29, 0.717) is 10.8 Å². The Morgan fingerprint density at radius 1 is 1.00 bits per heavy atom. The molecule has 2 aromatic carbocycles. The summed E-state index contributed by atoms with van der Waals surface area (Å²) in [6.07, 6.45) is 3.95. The van der Waals surface area contributed by atoms with Gasteiger partial charge in [-0.3, -0.25) is 9.52 Å². The van der Waals surface area contributed by atoms with Crippen LogP contribution in [-0.4, -0.2) is 34.5 Å². The second-order valence-electron chi connectivity index (χ2n) is 7.79. The normalized spacial score (nSPS) is 22.9. The van der Waals surface area contributed by atoms with Crippen LogP contribution in [0.15, 0.2) is 57.2 Å². The summed E-state index contributed by atoms with van der Waals surface area (Å²) in [7, 11) is -7.47. The highest BCUT2D eigenvalue weighted by Gasteiger charge is 2.57. The van der Waals surface area contributed by atoms with Crippen molar-refractivity contribution in [1.82, 2.24) is 5.32 Å². The molecule has 154 valence electrons. The van der Waals surface area contributed by atoms with Crippen molar-refractivity contribution in [3.8, 4) is 0 Å². The van der Waals surface area contributed by atoms with Crippen molar-refractivity contribution in [2.75, 3.05) is 11.0 Å². The van der Waals surface area contributed by atoms with E-state index in [9.17, 15) is 21.6 Å². The number of hydrogen-bond donors (Lipinski definition) is 3. The van der Waals surface area contributed by atoms with Gasteiger partial charge in [0.2, 0.25) is 0 Å². The van der Waals surface area contributed by atoms with Gasteiger partial charge in [0.25, 0.3) is 15.9 Å². The van der Waals surface area contributed by atoms with Crippen LogP contribution in [0.1, 0.15) is 29.6 Å². The van der Waals surface area contributed by atoms with E-state index < -0.39 is 19.9 Å². The van der Waals surface area contributed by atoms with Crippen LogP contribution in [0.2, 0.25) is 0 Å². The summed E-state index contributed by atoms with van der Waals surface area (Å²) in [5.74, 6) is 0.365. The number of carbonyl (C=O) groups excluding carboxylic acids is 1. The van der Waals surface area contributed by atoms with Gasteiger partial charge in [-0.15, -0.1) is 12.6 Å². The average Bonchev–Trinajstić information content (AvgIpc) is 2.56. The molecular formula is C19H20N2O5S3. The van der Waals surface area contributed by atoms with E-state index in [-0.39, 0.29) is 32.5 Å². The number of sulfone groups is 1. The second-order valence-corrected chi connectivity index (χ2v) is 12.0. The van der Waals surface area contributed by atoms with E-state index >= 15 is 0 Å². The van der Waals surface area contributed by atoms with Gasteiger partial charge in [-0.1, -0.05) is 0 Å². The molecule has 0 aliphatic heterocycles. The van der Waals surface area contributed by atoms with Crippen molar-refractivity contribution >= 4 is 44.1 Å². The lowest BCUT2D eigenvalue weighted by atomic mass is 9.50. The molecule has 2 N–H and O–H groups in total. The zero-order valence-corrected chi connectivity index (χ0v) is 18.1. The Kier molecular flexibility index (Phi) is 4.71. The molecule has 0 saturated heterocycles. The van der Waals surface area contributed by atoms with Gasteiger partial charge in [0.15, 0.2) is 9.84 Å². The van der Waals surface area contributed by atoms with Crippen LogP contribution < -0.4 is 10.0 Å². The molecule has 2 aromatic rings. The maximum Gasteiger partial charge on any atom is 0.261 e. The lowest BCUT2D eigenvalue weighted by Gasteiger charge is -2.61. The maximum atomic E-state index is 12.8. The highest BCUT2D eigenvalue weighted by molar-refractivity contribution is 7.92. The number of hydrogen-bond acceptors (Lipinski definition) is 6. The van der Waals surface area contributed by atoms with Crippen LogP contribution in [0, 0.1) is 5.92 Å². The number of sulfonamides is 1. The highest BCUT2D eigenvalue weighted by atomic mass is 32.2. The third kappa shape index (κ3) is 3.88. The van der Waals surface area contributed by atoms with Crippen molar-refractivity contribution in [2.45, 2.75) is 39.5 Å². The van der Waals surface area contributed by atoms with Gasteiger partial charge in [-0.25, -0.2) is 16.8 Å². The quantitative estimate of drug-likeness (QED) is 0.584. The molecule has 10 heteroatoms.